The van der Waals surface area contributed by atoms with Crippen molar-refractivity contribution in [1.29, 1.82) is 0 Å². The highest BCUT2D eigenvalue weighted by molar-refractivity contribution is 5.29. The molecule has 17 heavy (non-hydrogen) atoms. The maximum atomic E-state index is 5.96. The minimum atomic E-state index is 0.250. The molecule has 2 heteroatoms. The molecule has 0 aliphatic heterocycles. The molecule has 2 atom stereocenters. The van der Waals surface area contributed by atoms with E-state index in [9.17, 15) is 0 Å². The third-order valence-electron chi connectivity index (χ3n) is 3.15. The predicted molar refractivity (Wildman–Crippen MR) is 73.4 cm³/mol. The molecule has 0 radical (unpaired) electrons. The lowest BCUT2D eigenvalue weighted by molar-refractivity contribution is 0.256. The first-order valence-corrected chi connectivity index (χ1v) is 6.63. The Balaban J connectivity index is 2.53. The average Bonchev–Trinajstić information content (AvgIpc) is 2.36. The topological polar surface area (TPSA) is 35.2 Å². The summed E-state index contributed by atoms with van der Waals surface area (Å²) in [4.78, 5) is 0. The van der Waals surface area contributed by atoms with Crippen molar-refractivity contribution in [2.24, 2.45) is 11.7 Å². The lowest BCUT2D eigenvalue weighted by Gasteiger charge is -2.13. The Kier molecular flexibility index (Phi) is 6.06. The van der Waals surface area contributed by atoms with E-state index in [0.717, 1.165) is 31.6 Å². The van der Waals surface area contributed by atoms with Crippen LogP contribution in [-0.4, -0.2) is 12.6 Å². The summed E-state index contributed by atoms with van der Waals surface area (Å²) in [5.41, 5.74) is 7.22. The second-order valence-electron chi connectivity index (χ2n) is 4.84. The van der Waals surface area contributed by atoms with Crippen LogP contribution in [0.4, 0.5) is 0 Å². The zero-order valence-electron chi connectivity index (χ0n) is 11.3. The maximum Gasteiger partial charge on any atom is 0.119 e. The zero-order chi connectivity index (χ0) is 12.7. The van der Waals surface area contributed by atoms with Crippen LogP contribution >= 0.6 is 0 Å². The zero-order valence-corrected chi connectivity index (χ0v) is 11.3. The van der Waals surface area contributed by atoms with E-state index in [0.29, 0.717) is 5.92 Å². The first-order chi connectivity index (χ1) is 8.15. The fraction of sp³-hybridized carbons (Fsp3) is 0.600. The molecule has 0 bridgehead atoms. The molecule has 0 saturated heterocycles. The van der Waals surface area contributed by atoms with Crippen LogP contribution in [-0.2, 0) is 6.42 Å². The van der Waals surface area contributed by atoms with Crippen molar-refractivity contribution in [3.8, 4) is 5.75 Å². The Hall–Kier alpha value is -1.02. The van der Waals surface area contributed by atoms with E-state index >= 15 is 0 Å². The number of hydrogen-bond acceptors (Lipinski definition) is 2. The second kappa shape index (κ2) is 7.33. The van der Waals surface area contributed by atoms with Crippen LogP contribution < -0.4 is 10.5 Å². The maximum absolute atomic E-state index is 5.96. The van der Waals surface area contributed by atoms with E-state index in [1.807, 2.05) is 12.1 Å². The average molecular weight is 235 g/mol. The van der Waals surface area contributed by atoms with Gasteiger partial charge in [-0.3, -0.25) is 0 Å². The summed E-state index contributed by atoms with van der Waals surface area (Å²) >= 11 is 0. The van der Waals surface area contributed by atoms with Gasteiger partial charge in [-0.2, -0.15) is 0 Å². The van der Waals surface area contributed by atoms with Crippen molar-refractivity contribution in [3.63, 3.8) is 0 Å². The summed E-state index contributed by atoms with van der Waals surface area (Å²) in [6.45, 7) is 7.30. The lowest BCUT2D eigenvalue weighted by Crippen LogP contribution is -2.21. The quantitative estimate of drug-likeness (QED) is 0.786. The standard InChI is InChI=1S/C15H25NO/c1-4-12(3)11-17-15-8-6-7-13(10-15)9-14(16)5-2/h6-8,10,12,14H,4-5,9,11,16H2,1-3H3. The van der Waals surface area contributed by atoms with E-state index < -0.39 is 0 Å². The van der Waals surface area contributed by atoms with Gasteiger partial charge in [-0.05, 0) is 36.5 Å². The van der Waals surface area contributed by atoms with Crippen molar-refractivity contribution in [2.75, 3.05) is 6.61 Å². The number of ether oxygens (including phenoxy) is 1. The smallest absolute Gasteiger partial charge is 0.119 e. The summed E-state index contributed by atoms with van der Waals surface area (Å²) in [7, 11) is 0. The van der Waals surface area contributed by atoms with Crippen molar-refractivity contribution in [2.45, 2.75) is 46.1 Å². The third kappa shape index (κ3) is 5.22. The van der Waals surface area contributed by atoms with Crippen molar-refractivity contribution < 1.29 is 4.74 Å². The van der Waals surface area contributed by atoms with Crippen LogP contribution in [0.5, 0.6) is 5.75 Å². The van der Waals surface area contributed by atoms with E-state index in [4.69, 9.17) is 10.5 Å². The fourth-order valence-electron chi connectivity index (χ4n) is 1.57. The van der Waals surface area contributed by atoms with Crippen LogP contribution in [0.3, 0.4) is 0 Å². The Morgan fingerprint density at radius 1 is 1.24 bits per heavy atom. The van der Waals surface area contributed by atoms with E-state index in [1.165, 1.54) is 5.56 Å². The van der Waals surface area contributed by atoms with Crippen LogP contribution in [0.2, 0.25) is 0 Å². The summed E-state index contributed by atoms with van der Waals surface area (Å²) in [5, 5.41) is 0. The molecule has 0 aliphatic rings. The molecule has 0 aliphatic carbocycles. The van der Waals surface area contributed by atoms with Gasteiger partial charge >= 0.3 is 0 Å². The highest BCUT2D eigenvalue weighted by atomic mass is 16.5. The van der Waals surface area contributed by atoms with Crippen LogP contribution in [0.15, 0.2) is 24.3 Å². The summed E-state index contributed by atoms with van der Waals surface area (Å²) in [6, 6.07) is 8.54. The summed E-state index contributed by atoms with van der Waals surface area (Å²) in [6.07, 6.45) is 3.09. The summed E-state index contributed by atoms with van der Waals surface area (Å²) < 4.78 is 5.77. The van der Waals surface area contributed by atoms with Gasteiger partial charge in [0.05, 0.1) is 6.61 Å². The van der Waals surface area contributed by atoms with Crippen LogP contribution in [0.1, 0.15) is 39.2 Å². The Bertz CT molecular complexity index is 324. The minimum Gasteiger partial charge on any atom is -0.493 e. The lowest BCUT2D eigenvalue weighted by atomic mass is 10.0. The third-order valence-corrected chi connectivity index (χ3v) is 3.15. The molecule has 0 aromatic heterocycles. The van der Waals surface area contributed by atoms with Gasteiger partial charge in [0.2, 0.25) is 0 Å². The molecule has 1 rings (SSSR count). The first kappa shape index (κ1) is 14.0. The Labute approximate surface area is 105 Å². The minimum absolute atomic E-state index is 0.250. The van der Waals surface area contributed by atoms with E-state index in [2.05, 4.69) is 32.9 Å². The van der Waals surface area contributed by atoms with Gasteiger partial charge in [-0.25, -0.2) is 0 Å². The van der Waals surface area contributed by atoms with Gasteiger partial charge in [-0.1, -0.05) is 39.3 Å². The van der Waals surface area contributed by atoms with Crippen molar-refractivity contribution >= 4 is 0 Å². The highest BCUT2D eigenvalue weighted by Crippen LogP contribution is 2.16. The van der Waals surface area contributed by atoms with Crippen molar-refractivity contribution in [1.82, 2.24) is 0 Å². The molecule has 2 N–H and O–H groups in total. The van der Waals surface area contributed by atoms with Crippen LogP contribution in [0.25, 0.3) is 0 Å². The van der Waals surface area contributed by atoms with Gasteiger partial charge in [0.25, 0.3) is 0 Å². The van der Waals surface area contributed by atoms with Gasteiger partial charge in [0, 0.05) is 6.04 Å². The van der Waals surface area contributed by atoms with Crippen molar-refractivity contribution in [3.05, 3.63) is 29.8 Å². The van der Waals surface area contributed by atoms with Gasteiger partial charge < -0.3 is 10.5 Å². The fourth-order valence-corrected chi connectivity index (χ4v) is 1.57. The molecule has 1 aromatic rings. The first-order valence-electron chi connectivity index (χ1n) is 6.63. The van der Waals surface area contributed by atoms with Gasteiger partial charge in [0.15, 0.2) is 0 Å². The molecule has 0 saturated carbocycles. The number of hydrogen-bond donors (Lipinski definition) is 1. The van der Waals surface area contributed by atoms with Gasteiger partial charge in [-0.15, -0.1) is 0 Å². The molecule has 2 nitrogen and oxygen atoms in total. The largest absolute Gasteiger partial charge is 0.493 e. The molecule has 96 valence electrons. The SMILES string of the molecule is CCC(C)COc1cccc(CC(N)CC)c1. The normalized spacial score (nSPS) is 14.4. The molecule has 0 amide bonds. The Morgan fingerprint density at radius 3 is 2.65 bits per heavy atom. The highest BCUT2D eigenvalue weighted by Gasteiger charge is 2.04. The van der Waals surface area contributed by atoms with Crippen LogP contribution in [0, 0.1) is 5.92 Å². The number of benzene rings is 1. The number of rotatable bonds is 7. The Morgan fingerprint density at radius 2 is 2.00 bits per heavy atom. The molecule has 0 fully saturated rings. The van der Waals surface area contributed by atoms with E-state index in [1.54, 1.807) is 0 Å². The predicted octanol–water partition coefficient (Wildman–Crippen LogP) is 3.39. The molecule has 2 unspecified atom stereocenters. The van der Waals surface area contributed by atoms with E-state index in [-0.39, 0.29) is 6.04 Å². The molecule has 0 spiro atoms. The summed E-state index contributed by atoms with van der Waals surface area (Å²) in [5.74, 6) is 1.57. The second-order valence-corrected chi connectivity index (χ2v) is 4.84. The monoisotopic (exact) mass is 235 g/mol. The van der Waals surface area contributed by atoms with Gasteiger partial charge in [0.1, 0.15) is 5.75 Å². The molecule has 1 aromatic carbocycles. The molecule has 0 heterocycles. The molecular formula is C15H25NO. The number of nitrogens with two attached hydrogens (primary N) is 1. The molecular weight excluding hydrogens is 210 g/mol.